The molecule has 30 heavy (non-hydrogen) atoms. The zero-order valence-electron chi connectivity index (χ0n) is 18.2. The van der Waals surface area contributed by atoms with Gasteiger partial charge in [-0.3, -0.25) is 20.4 Å². The number of hydrogen-bond acceptors (Lipinski definition) is 4. The van der Waals surface area contributed by atoms with Crippen LogP contribution in [0.1, 0.15) is 61.3 Å². The van der Waals surface area contributed by atoms with Gasteiger partial charge in [-0.15, -0.1) is 0 Å². The summed E-state index contributed by atoms with van der Waals surface area (Å²) < 4.78 is 11.4. The molecule has 2 amide bonds. The number of carbonyl (C=O) groups excluding carboxylic acids is 2. The molecule has 0 aliphatic carbocycles. The van der Waals surface area contributed by atoms with Crippen molar-refractivity contribution >= 4 is 11.8 Å². The van der Waals surface area contributed by atoms with E-state index in [0.717, 1.165) is 12.8 Å². The molecule has 0 saturated heterocycles. The van der Waals surface area contributed by atoms with Gasteiger partial charge >= 0.3 is 0 Å². The largest absolute Gasteiger partial charge is 0.494 e. The molecule has 2 rings (SSSR count). The summed E-state index contributed by atoms with van der Waals surface area (Å²) >= 11 is 0. The van der Waals surface area contributed by atoms with Crippen molar-refractivity contribution in [3.05, 3.63) is 59.7 Å². The predicted molar refractivity (Wildman–Crippen MR) is 118 cm³/mol. The first-order valence-corrected chi connectivity index (χ1v) is 10.4. The van der Waals surface area contributed by atoms with Crippen LogP contribution in [0.4, 0.5) is 0 Å². The lowest BCUT2D eigenvalue weighted by molar-refractivity contribution is 0.0844. The maximum atomic E-state index is 12.5. The molecule has 2 aromatic rings. The molecular weight excluding hydrogens is 380 g/mol. The van der Waals surface area contributed by atoms with Crippen LogP contribution in [0.2, 0.25) is 0 Å². The van der Waals surface area contributed by atoms with Crippen molar-refractivity contribution in [1.29, 1.82) is 0 Å². The molecule has 0 spiro atoms. The molecule has 2 aromatic carbocycles. The summed E-state index contributed by atoms with van der Waals surface area (Å²) in [5.41, 5.74) is 5.68. The van der Waals surface area contributed by atoms with Crippen LogP contribution in [0, 0.1) is 11.8 Å². The maximum absolute atomic E-state index is 12.5. The maximum Gasteiger partial charge on any atom is 0.273 e. The van der Waals surface area contributed by atoms with E-state index in [-0.39, 0.29) is 0 Å². The standard InChI is InChI=1S/C24H32N2O4/c1-17(2)13-15-29-20-11-9-19(10-12-20)23(27)25-26-24(28)21-7-5-6-8-22(21)30-16-14-18(3)4/h5-12,17-18H,13-16H2,1-4H3,(H,25,27)(H,26,28). The Morgan fingerprint density at radius 3 is 1.97 bits per heavy atom. The van der Waals surface area contributed by atoms with E-state index < -0.39 is 11.8 Å². The molecule has 0 unspecified atom stereocenters. The van der Waals surface area contributed by atoms with Crippen LogP contribution in [0.15, 0.2) is 48.5 Å². The van der Waals surface area contributed by atoms with E-state index in [1.54, 1.807) is 42.5 Å². The summed E-state index contributed by atoms with van der Waals surface area (Å²) in [5.74, 6) is 1.45. The first kappa shape index (κ1) is 23.3. The normalized spacial score (nSPS) is 10.7. The summed E-state index contributed by atoms with van der Waals surface area (Å²) in [4.78, 5) is 24.8. The third-order valence-electron chi connectivity index (χ3n) is 4.45. The number of rotatable bonds is 10. The summed E-state index contributed by atoms with van der Waals surface area (Å²) in [6.07, 6.45) is 1.86. The number of para-hydroxylation sites is 1. The Kier molecular flexibility index (Phi) is 9.19. The molecular formula is C24H32N2O4. The van der Waals surface area contributed by atoms with Crippen LogP contribution in [-0.2, 0) is 0 Å². The molecule has 0 saturated carbocycles. The number of hydrogen-bond donors (Lipinski definition) is 2. The molecule has 0 fully saturated rings. The number of ether oxygens (including phenoxy) is 2. The molecule has 0 aliphatic heterocycles. The Balaban J connectivity index is 1.88. The summed E-state index contributed by atoms with van der Waals surface area (Å²) in [7, 11) is 0. The Hall–Kier alpha value is -3.02. The van der Waals surface area contributed by atoms with Gasteiger partial charge in [-0.2, -0.15) is 0 Å². The number of benzene rings is 2. The van der Waals surface area contributed by atoms with Crippen molar-refractivity contribution in [3.63, 3.8) is 0 Å². The average Bonchev–Trinajstić information content (AvgIpc) is 2.72. The highest BCUT2D eigenvalue weighted by Gasteiger charge is 2.14. The zero-order valence-corrected chi connectivity index (χ0v) is 18.2. The Labute approximate surface area is 178 Å². The van der Waals surface area contributed by atoms with Gasteiger partial charge in [0.1, 0.15) is 11.5 Å². The summed E-state index contributed by atoms with van der Waals surface area (Å²) in [6, 6.07) is 13.8. The smallest absolute Gasteiger partial charge is 0.273 e. The van der Waals surface area contributed by atoms with Crippen LogP contribution in [0.5, 0.6) is 11.5 Å². The molecule has 0 heterocycles. The number of amides is 2. The second-order valence-electron chi connectivity index (χ2n) is 7.99. The van der Waals surface area contributed by atoms with E-state index >= 15 is 0 Å². The Morgan fingerprint density at radius 2 is 1.33 bits per heavy atom. The molecule has 0 aromatic heterocycles. The third-order valence-corrected chi connectivity index (χ3v) is 4.45. The van der Waals surface area contributed by atoms with Crippen molar-refractivity contribution in [2.75, 3.05) is 13.2 Å². The fourth-order valence-electron chi connectivity index (χ4n) is 2.55. The van der Waals surface area contributed by atoms with E-state index in [1.165, 1.54) is 0 Å². The third kappa shape index (κ3) is 7.78. The topological polar surface area (TPSA) is 76.7 Å². The van der Waals surface area contributed by atoms with E-state index in [2.05, 4.69) is 38.5 Å². The highest BCUT2D eigenvalue weighted by Crippen LogP contribution is 2.18. The van der Waals surface area contributed by atoms with Gasteiger partial charge in [0.05, 0.1) is 18.8 Å². The van der Waals surface area contributed by atoms with Gasteiger partial charge in [0, 0.05) is 5.56 Å². The molecule has 6 nitrogen and oxygen atoms in total. The number of nitrogens with one attached hydrogen (secondary N) is 2. The first-order chi connectivity index (χ1) is 14.4. The Morgan fingerprint density at radius 1 is 0.767 bits per heavy atom. The second kappa shape index (κ2) is 11.9. The van der Waals surface area contributed by atoms with Crippen LogP contribution in [0.3, 0.4) is 0 Å². The van der Waals surface area contributed by atoms with Gasteiger partial charge < -0.3 is 9.47 Å². The van der Waals surface area contributed by atoms with E-state index in [4.69, 9.17) is 9.47 Å². The van der Waals surface area contributed by atoms with Gasteiger partial charge in [0.2, 0.25) is 0 Å². The zero-order chi connectivity index (χ0) is 21.9. The summed E-state index contributed by atoms with van der Waals surface area (Å²) in [5, 5.41) is 0. The monoisotopic (exact) mass is 412 g/mol. The highest BCUT2D eigenvalue weighted by molar-refractivity contribution is 6.00. The SMILES string of the molecule is CC(C)CCOc1ccc(C(=O)NNC(=O)c2ccccc2OCCC(C)C)cc1. The lowest BCUT2D eigenvalue weighted by Crippen LogP contribution is -2.41. The van der Waals surface area contributed by atoms with E-state index in [1.807, 2.05) is 6.07 Å². The highest BCUT2D eigenvalue weighted by atomic mass is 16.5. The van der Waals surface area contributed by atoms with Gasteiger partial charge in [-0.25, -0.2) is 0 Å². The molecule has 0 atom stereocenters. The predicted octanol–water partition coefficient (Wildman–Crippen LogP) is 4.61. The lowest BCUT2D eigenvalue weighted by atomic mass is 10.1. The number of hydrazine groups is 1. The van der Waals surface area contributed by atoms with Crippen molar-refractivity contribution in [2.24, 2.45) is 11.8 Å². The second-order valence-corrected chi connectivity index (χ2v) is 7.99. The average molecular weight is 413 g/mol. The van der Waals surface area contributed by atoms with Gasteiger partial charge in [-0.05, 0) is 61.1 Å². The minimum absolute atomic E-state index is 0.371. The van der Waals surface area contributed by atoms with Crippen LogP contribution in [-0.4, -0.2) is 25.0 Å². The minimum atomic E-state index is -0.433. The lowest BCUT2D eigenvalue weighted by Gasteiger charge is -2.13. The van der Waals surface area contributed by atoms with E-state index in [0.29, 0.717) is 47.7 Å². The van der Waals surface area contributed by atoms with Crippen LogP contribution in [0.25, 0.3) is 0 Å². The van der Waals surface area contributed by atoms with Gasteiger partial charge in [0.15, 0.2) is 0 Å². The molecule has 2 N–H and O–H groups in total. The summed E-state index contributed by atoms with van der Waals surface area (Å²) in [6.45, 7) is 9.67. The van der Waals surface area contributed by atoms with Crippen molar-refractivity contribution < 1.29 is 19.1 Å². The van der Waals surface area contributed by atoms with Gasteiger partial charge in [0.25, 0.3) is 11.8 Å². The van der Waals surface area contributed by atoms with E-state index in [9.17, 15) is 9.59 Å². The molecule has 0 bridgehead atoms. The van der Waals surface area contributed by atoms with Crippen LogP contribution < -0.4 is 20.3 Å². The Bertz CT molecular complexity index is 816. The van der Waals surface area contributed by atoms with Crippen LogP contribution >= 0.6 is 0 Å². The molecule has 0 aliphatic rings. The number of carbonyl (C=O) groups is 2. The fourth-order valence-corrected chi connectivity index (χ4v) is 2.55. The quantitative estimate of drug-likeness (QED) is 0.559. The molecule has 162 valence electrons. The van der Waals surface area contributed by atoms with Crippen molar-refractivity contribution in [3.8, 4) is 11.5 Å². The fraction of sp³-hybridized carbons (Fsp3) is 0.417. The van der Waals surface area contributed by atoms with Gasteiger partial charge in [-0.1, -0.05) is 39.8 Å². The van der Waals surface area contributed by atoms with Crippen molar-refractivity contribution in [1.82, 2.24) is 10.9 Å². The minimum Gasteiger partial charge on any atom is -0.494 e. The molecule has 0 radical (unpaired) electrons. The first-order valence-electron chi connectivity index (χ1n) is 10.4. The van der Waals surface area contributed by atoms with Crippen molar-refractivity contribution in [2.45, 2.75) is 40.5 Å². The molecule has 6 heteroatoms.